The van der Waals surface area contributed by atoms with E-state index in [-0.39, 0.29) is 17.9 Å². The second-order valence-corrected chi connectivity index (χ2v) is 9.56. The predicted octanol–water partition coefficient (Wildman–Crippen LogP) is 5.32. The molecule has 5 aromatic rings. The van der Waals surface area contributed by atoms with E-state index in [9.17, 15) is 9.18 Å². The molecule has 0 bridgehead atoms. The zero-order chi connectivity index (χ0) is 28.3. The number of rotatable bonds is 7. The van der Waals surface area contributed by atoms with Crippen LogP contribution in [-0.4, -0.2) is 63.6 Å². The molecule has 210 valence electrons. The Balaban J connectivity index is 1.20. The van der Waals surface area contributed by atoms with Crippen molar-refractivity contribution in [3.8, 4) is 34.1 Å². The Morgan fingerprint density at radius 1 is 1.10 bits per heavy atom. The molecule has 2 amide bonds. The number of nitrogens with one attached hydrogen (secondary N) is 2. The third-order valence-corrected chi connectivity index (χ3v) is 6.97. The highest BCUT2D eigenvalue weighted by molar-refractivity contribution is 5.91. The van der Waals surface area contributed by atoms with E-state index < -0.39 is 0 Å². The monoisotopic (exact) mass is 557 g/mol. The number of urea groups is 1. The SMILES string of the molecule is COc1ccc(NC(=O)N2CCC[C@@H](Nc3nccc(-c4c(-c5ccc(F)cc5)nc5occn45)n3)C2)c(OC)c1. The van der Waals surface area contributed by atoms with Crippen molar-refractivity contribution in [1.82, 2.24) is 24.3 Å². The Morgan fingerprint density at radius 3 is 2.76 bits per heavy atom. The number of hydrogen-bond acceptors (Lipinski definition) is 8. The Morgan fingerprint density at radius 2 is 1.95 bits per heavy atom. The number of fused-ring (bicyclic) bond motifs is 1. The van der Waals surface area contributed by atoms with Gasteiger partial charge in [-0.1, -0.05) is 0 Å². The first-order valence-corrected chi connectivity index (χ1v) is 13.1. The number of oxazole rings is 1. The van der Waals surface area contributed by atoms with Crippen LogP contribution in [0.1, 0.15) is 12.8 Å². The van der Waals surface area contributed by atoms with Crippen molar-refractivity contribution < 1.29 is 23.1 Å². The van der Waals surface area contributed by atoms with Gasteiger partial charge in [0.05, 0.1) is 25.6 Å². The van der Waals surface area contributed by atoms with Gasteiger partial charge in [0.2, 0.25) is 5.95 Å². The van der Waals surface area contributed by atoms with Gasteiger partial charge in [-0.15, -0.1) is 0 Å². The number of nitrogens with zero attached hydrogens (tertiary/aromatic N) is 5. The van der Waals surface area contributed by atoms with E-state index in [2.05, 4.69) is 20.6 Å². The van der Waals surface area contributed by atoms with Crippen molar-refractivity contribution in [3.63, 3.8) is 0 Å². The highest BCUT2D eigenvalue weighted by Gasteiger charge is 2.26. The fourth-order valence-corrected chi connectivity index (χ4v) is 4.96. The summed E-state index contributed by atoms with van der Waals surface area (Å²) < 4.78 is 31.6. The number of imidazole rings is 1. The third-order valence-electron chi connectivity index (χ3n) is 6.97. The summed E-state index contributed by atoms with van der Waals surface area (Å²) in [7, 11) is 3.12. The second kappa shape index (κ2) is 11.2. The number of benzene rings is 2. The summed E-state index contributed by atoms with van der Waals surface area (Å²) >= 11 is 0. The molecule has 2 aromatic carbocycles. The van der Waals surface area contributed by atoms with Crippen LogP contribution in [0.4, 0.5) is 20.8 Å². The van der Waals surface area contributed by atoms with Crippen molar-refractivity contribution >= 4 is 23.5 Å². The number of aromatic nitrogens is 4. The van der Waals surface area contributed by atoms with E-state index in [1.54, 1.807) is 78.6 Å². The first-order chi connectivity index (χ1) is 20.0. The molecular weight excluding hydrogens is 529 g/mol. The van der Waals surface area contributed by atoms with Gasteiger partial charge in [-0.2, -0.15) is 4.98 Å². The van der Waals surface area contributed by atoms with E-state index in [0.717, 1.165) is 18.4 Å². The number of carbonyl (C=O) groups is 1. The van der Waals surface area contributed by atoms with Crippen LogP contribution >= 0.6 is 0 Å². The number of amides is 2. The summed E-state index contributed by atoms with van der Waals surface area (Å²) in [5, 5.41) is 6.33. The topological polar surface area (TPSA) is 119 Å². The van der Waals surface area contributed by atoms with E-state index in [1.807, 2.05) is 0 Å². The van der Waals surface area contributed by atoms with Crippen LogP contribution in [0, 0.1) is 5.82 Å². The van der Waals surface area contributed by atoms with Crippen LogP contribution in [0.5, 0.6) is 11.5 Å². The minimum atomic E-state index is -0.329. The Labute approximate surface area is 235 Å². The molecule has 0 radical (unpaired) electrons. The fourth-order valence-electron chi connectivity index (χ4n) is 4.96. The van der Waals surface area contributed by atoms with Crippen LogP contribution in [0.3, 0.4) is 0 Å². The van der Waals surface area contributed by atoms with Gasteiger partial charge < -0.3 is 29.4 Å². The Hall–Kier alpha value is -5.13. The van der Waals surface area contributed by atoms with Crippen molar-refractivity contribution in [1.29, 1.82) is 0 Å². The summed E-state index contributed by atoms with van der Waals surface area (Å²) in [6, 6.07) is 12.9. The maximum absolute atomic E-state index is 13.6. The molecule has 1 fully saturated rings. The number of likely N-dealkylation sites (tertiary alicyclic amines) is 1. The summed E-state index contributed by atoms with van der Waals surface area (Å²) in [4.78, 5) is 28.7. The smallest absolute Gasteiger partial charge is 0.322 e. The summed E-state index contributed by atoms with van der Waals surface area (Å²) in [5.74, 6) is 1.65. The lowest BCUT2D eigenvalue weighted by Gasteiger charge is -2.33. The molecule has 1 aliphatic heterocycles. The highest BCUT2D eigenvalue weighted by atomic mass is 19.1. The standard InChI is InChI=1S/C29H28FN7O4/c1-39-21-9-10-22(24(16-21)40-2)34-28(38)36-13-3-4-20(17-36)32-27-31-12-11-23(33-27)26-25(18-5-7-19(30)8-6-18)35-29-37(26)14-15-41-29/h5-12,14-16,20H,3-4,13,17H2,1-2H3,(H,34,38)(H,31,32,33)/t20-/m1/s1. The molecule has 4 heterocycles. The van der Waals surface area contributed by atoms with Crippen LogP contribution in [0.2, 0.25) is 0 Å². The molecule has 1 saturated heterocycles. The second-order valence-electron chi connectivity index (χ2n) is 9.56. The number of ether oxygens (including phenoxy) is 2. The van der Waals surface area contributed by atoms with Crippen LogP contribution in [0.15, 0.2) is 71.6 Å². The number of hydrogen-bond donors (Lipinski definition) is 2. The predicted molar refractivity (Wildman–Crippen MR) is 151 cm³/mol. The molecule has 12 heteroatoms. The lowest BCUT2D eigenvalue weighted by Crippen LogP contribution is -2.47. The van der Waals surface area contributed by atoms with Gasteiger partial charge in [-0.3, -0.25) is 4.40 Å². The van der Waals surface area contributed by atoms with E-state index in [0.29, 0.717) is 59.2 Å². The van der Waals surface area contributed by atoms with Gasteiger partial charge in [-0.05, 0) is 55.3 Å². The molecule has 6 rings (SSSR count). The van der Waals surface area contributed by atoms with E-state index >= 15 is 0 Å². The molecule has 0 unspecified atom stereocenters. The largest absolute Gasteiger partial charge is 0.497 e. The summed E-state index contributed by atoms with van der Waals surface area (Å²) in [6.45, 7) is 1.09. The molecule has 0 spiro atoms. The summed E-state index contributed by atoms with van der Waals surface area (Å²) in [6.07, 6.45) is 6.64. The molecule has 2 N–H and O–H groups in total. The van der Waals surface area contributed by atoms with Crippen molar-refractivity contribution in [2.24, 2.45) is 0 Å². The molecule has 1 atom stereocenters. The number of carbonyl (C=O) groups excluding carboxylic acids is 1. The zero-order valence-electron chi connectivity index (χ0n) is 22.5. The molecular formula is C29H28FN7O4. The van der Waals surface area contributed by atoms with Crippen LogP contribution in [0.25, 0.3) is 28.5 Å². The average molecular weight is 558 g/mol. The van der Waals surface area contributed by atoms with Crippen molar-refractivity contribution in [2.75, 3.05) is 37.9 Å². The third kappa shape index (κ3) is 5.36. The minimum absolute atomic E-state index is 0.0570. The Bertz CT molecular complexity index is 1680. The Kier molecular flexibility index (Phi) is 7.11. The van der Waals surface area contributed by atoms with Gasteiger partial charge in [-0.25, -0.2) is 19.2 Å². The number of methoxy groups -OCH3 is 2. The molecule has 1 aliphatic rings. The molecule has 0 saturated carbocycles. The van der Waals surface area contributed by atoms with Crippen LogP contribution < -0.4 is 20.1 Å². The molecule has 41 heavy (non-hydrogen) atoms. The van der Waals surface area contributed by atoms with Gasteiger partial charge in [0.15, 0.2) is 0 Å². The zero-order valence-corrected chi connectivity index (χ0v) is 22.5. The fraction of sp³-hybridized carbons (Fsp3) is 0.241. The van der Waals surface area contributed by atoms with E-state index in [1.165, 1.54) is 12.1 Å². The number of anilines is 2. The van der Waals surface area contributed by atoms with Gasteiger partial charge in [0, 0.05) is 43.2 Å². The summed E-state index contributed by atoms with van der Waals surface area (Å²) in [5.41, 5.74) is 3.23. The average Bonchev–Trinajstić information content (AvgIpc) is 3.60. The van der Waals surface area contributed by atoms with Crippen LogP contribution in [-0.2, 0) is 0 Å². The van der Waals surface area contributed by atoms with Crippen molar-refractivity contribution in [2.45, 2.75) is 18.9 Å². The van der Waals surface area contributed by atoms with Gasteiger partial charge in [0.1, 0.15) is 35.0 Å². The molecule has 0 aliphatic carbocycles. The normalized spacial score (nSPS) is 15.1. The highest BCUT2D eigenvalue weighted by Crippen LogP contribution is 2.33. The maximum Gasteiger partial charge on any atom is 0.322 e. The lowest BCUT2D eigenvalue weighted by molar-refractivity contribution is 0.195. The number of halogens is 1. The first-order valence-electron chi connectivity index (χ1n) is 13.1. The van der Waals surface area contributed by atoms with Crippen molar-refractivity contribution in [3.05, 3.63) is 73.0 Å². The van der Waals surface area contributed by atoms with E-state index in [4.69, 9.17) is 18.9 Å². The molecule has 11 nitrogen and oxygen atoms in total. The first kappa shape index (κ1) is 26.1. The molecule has 3 aromatic heterocycles. The lowest BCUT2D eigenvalue weighted by atomic mass is 10.1. The van der Waals surface area contributed by atoms with Gasteiger partial charge in [0.25, 0.3) is 0 Å². The number of piperidine rings is 1. The maximum atomic E-state index is 13.6. The minimum Gasteiger partial charge on any atom is -0.497 e. The van der Waals surface area contributed by atoms with Gasteiger partial charge >= 0.3 is 11.9 Å². The quantitative estimate of drug-likeness (QED) is 0.276.